The van der Waals surface area contributed by atoms with Crippen molar-refractivity contribution in [2.24, 2.45) is 11.3 Å². The van der Waals surface area contributed by atoms with Crippen molar-refractivity contribution in [1.29, 1.82) is 0 Å². The predicted octanol–water partition coefficient (Wildman–Crippen LogP) is 1.98. The number of hydrogen-bond acceptors (Lipinski definition) is 9. The van der Waals surface area contributed by atoms with Gasteiger partial charge in [-0.1, -0.05) is 0 Å². The van der Waals surface area contributed by atoms with Gasteiger partial charge in [0.1, 0.15) is 24.9 Å². The lowest BCUT2D eigenvalue weighted by molar-refractivity contribution is -0.205. The molecule has 2 bridgehead atoms. The number of anilines is 1. The molecule has 3 heterocycles. The van der Waals surface area contributed by atoms with Crippen LogP contribution in [0, 0.1) is 11.3 Å². The lowest BCUT2D eigenvalue weighted by Gasteiger charge is -2.44. The first kappa shape index (κ1) is 20.9. The van der Waals surface area contributed by atoms with E-state index >= 15 is 0 Å². The van der Waals surface area contributed by atoms with Gasteiger partial charge in [-0.05, 0) is 64.4 Å². The van der Waals surface area contributed by atoms with Gasteiger partial charge in [-0.2, -0.15) is 4.98 Å². The van der Waals surface area contributed by atoms with Crippen LogP contribution in [0.4, 0.5) is 5.82 Å². The second-order valence-electron chi connectivity index (χ2n) is 9.61. The molecule has 1 aromatic rings. The highest BCUT2D eigenvalue weighted by Crippen LogP contribution is 2.51. The summed E-state index contributed by atoms with van der Waals surface area (Å²) in [5.41, 5.74) is 0.892. The van der Waals surface area contributed by atoms with Gasteiger partial charge in [-0.15, -0.1) is 0 Å². The largest absolute Gasteiger partial charge is 0.462 e. The molecule has 170 valence electrons. The van der Waals surface area contributed by atoms with Crippen LogP contribution in [0.15, 0.2) is 17.1 Å². The molecule has 10 heteroatoms. The maximum absolute atomic E-state index is 13.0. The summed E-state index contributed by atoms with van der Waals surface area (Å²) in [6.07, 6.45) is 5.06. The first-order valence-corrected chi connectivity index (χ1v) is 11.0. The number of hydrogen-bond donors (Lipinski definition) is 2. The minimum absolute atomic E-state index is 0.0339. The van der Waals surface area contributed by atoms with Crippen molar-refractivity contribution in [3.63, 3.8) is 0 Å². The molecule has 1 aromatic heterocycles. The third-order valence-electron chi connectivity index (χ3n) is 7.25. The molecule has 0 amide bonds. The highest BCUT2D eigenvalue weighted by molar-refractivity contribution is 5.77. The van der Waals surface area contributed by atoms with Crippen LogP contribution < -0.4 is 11.2 Å². The van der Waals surface area contributed by atoms with Crippen LogP contribution in [-0.2, 0) is 23.7 Å². The Balaban J connectivity index is 1.32. The molecule has 0 spiro atoms. The molecule has 5 aliphatic rings. The van der Waals surface area contributed by atoms with E-state index in [2.05, 4.69) is 4.98 Å². The molecule has 0 radical (unpaired) electrons. The highest BCUT2D eigenvalue weighted by atomic mass is 16.8. The van der Waals surface area contributed by atoms with Crippen LogP contribution in [-0.4, -0.2) is 51.4 Å². The Kier molecular flexibility index (Phi) is 5.08. The van der Waals surface area contributed by atoms with Gasteiger partial charge >= 0.3 is 11.7 Å². The Bertz CT molecular complexity index is 895. The summed E-state index contributed by atoms with van der Waals surface area (Å²) in [5.74, 6) is -0.208. The van der Waals surface area contributed by atoms with Gasteiger partial charge in [0, 0.05) is 6.20 Å². The Morgan fingerprint density at radius 1 is 1.26 bits per heavy atom. The van der Waals surface area contributed by atoms with Gasteiger partial charge in [0.05, 0.1) is 5.41 Å². The van der Waals surface area contributed by atoms with E-state index in [1.54, 1.807) is 13.8 Å². The van der Waals surface area contributed by atoms with E-state index in [9.17, 15) is 9.59 Å². The van der Waals surface area contributed by atoms with Crippen molar-refractivity contribution in [3.8, 4) is 0 Å². The lowest BCUT2D eigenvalue weighted by Crippen LogP contribution is -2.43. The van der Waals surface area contributed by atoms with Gasteiger partial charge in [0.2, 0.25) is 0 Å². The van der Waals surface area contributed by atoms with Crippen molar-refractivity contribution in [2.75, 3.05) is 12.1 Å². The average Bonchev–Trinajstić information content (AvgIpc) is 3.26. The van der Waals surface area contributed by atoms with Crippen molar-refractivity contribution in [3.05, 3.63) is 22.7 Å². The molecular weight excluding hydrogens is 406 g/mol. The second-order valence-corrected chi connectivity index (χ2v) is 9.61. The second kappa shape index (κ2) is 7.54. The number of esters is 1. The number of carbonyl (C=O) groups is 1. The Hall–Kier alpha value is -2.01. The topological polar surface area (TPSA) is 121 Å². The molecule has 6 rings (SSSR count). The molecule has 2 aliphatic heterocycles. The number of ether oxygens (including phenoxy) is 4. The summed E-state index contributed by atoms with van der Waals surface area (Å²) in [6.45, 7) is 3.63. The maximum Gasteiger partial charge on any atom is 0.351 e. The normalized spacial score (nSPS) is 38.1. The Labute approximate surface area is 179 Å². The molecule has 2 saturated heterocycles. The lowest BCUT2D eigenvalue weighted by atomic mass is 9.61. The number of aromatic nitrogens is 2. The van der Waals surface area contributed by atoms with Crippen LogP contribution in [0.1, 0.15) is 58.6 Å². The summed E-state index contributed by atoms with van der Waals surface area (Å²) in [4.78, 5) is 29.2. The smallest absolute Gasteiger partial charge is 0.351 e. The van der Waals surface area contributed by atoms with Crippen LogP contribution in [0.5, 0.6) is 0 Å². The van der Waals surface area contributed by atoms with Crippen LogP contribution in [0.25, 0.3) is 0 Å². The van der Waals surface area contributed by atoms with Crippen LogP contribution in [0.2, 0.25) is 0 Å². The molecule has 0 aromatic carbocycles. The summed E-state index contributed by atoms with van der Waals surface area (Å²) < 4.78 is 25.2. The monoisotopic (exact) mass is 435 g/mol. The maximum atomic E-state index is 13.0. The number of nitrogens with one attached hydrogen (secondary N) is 1. The highest BCUT2D eigenvalue weighted by Gasteiger charge is 2.57. The van der Waals surface area contributed by atoms with Crippen LogP contribution >= 0.6 is 0 Å². The SMILES string of the molecule is CC1(C)O[C@@H]2[C@H](O1)C(COC(=O)C13CCC(CC1)CC3)O[C@H]2n1ccc(NO)nc1=O. The van der Waals surface area contributed by atoms with Gasteiger partial charge in [-0.25, -0.2) is 4.79 Å². The average molecular weight is 435 g/mol. The number of fused-ring (bicyclic) bond motifs is 4. The number of carbonyl (C=O) groups excluding carboxylic acids is 1. The third-order valence-corrected chi connectivity index (χ3v) is 7.25. The molecule has 2 N–H and O–H groups in total. The Morgan fingerprint density at radius 3 is 2.58 bits per heavy atom. The molecular formula is C21H29N3O7. The van der Waals surface area contributed by atoms with Gasteiger partial charge in [0.15, 0.2) is 17.8 Å². The molecule has 3 aliphatic carbocycles. The van der Waals surface area contributed by atoms with E-state index < -0.39 is 36.0 Å². The predicted molar refractivity (Wildman–Crippen MR) is 106 cm³/mol. The van der Waals surface area contributed by atoms with E-state index in [1.807, 2.05) is 5.48 Å². The summed E-state index contributed by atoms with van der Waals surface area (Å²) in [6, 6.07) is 1.45. The fourth-order valence-electron chi connectivity index (χ4n) is 5.55. The zero-order valence-electron chi connectivity index (χ0n) is 17.8. The number of nitrogens with zero attached hydrogens (tertiary/aromatic N) is 2. The number of rotatable bonds is 5. The minimum Gasteiger partial charge on any atom is -0.462 e. The van der Waals surface area contributed by atoms with E-state index in [1.165, 1.54) is 16.8 Å². The van der Waals surface area contributed by atoms with Gasteiger partial charge in [0.25, 0.3) is 0 Å². The summed E-state index contributed by atoms with van der Waals surface area (Å²) >= 11 is 0. The molecule has 10 nitrogen and oxygen atoms in total. The van der Waals surface area contributed by atoms with Crippen molar-refractivity contribution in [2.45, 2.75) is 82.7 Å². The zero-order chi connectivity index (χ0) is 21.8. The van der Waals surface area contributed by atoms with Crippen LogP contribution in [0.3, 0.4) is 0 Å². The first-order chi connectivity index (χ1) is 14.8. The van der Waals surface area contributed by atoms with E-state index in [4.69, 9.17) is 24.2 Å². The summed E-state index contributed by atoms with van der Waals surface area (Å²) in [5, 5.41) is 8.97. The fraction of sp³-hybridized carbons (Fsp3) is 0.762. The third kappa shape index (κ3) is 3.65. The minimum atomic E-state index is -0.857. The van der Waals surface area contributed by atoms with Gasteiger partial charge in [-0.3, -0.25) is 20.0 Å². The van der Waals surface area contributed by atoms with E-state index in [-0.39, 0.29) is 23.8 Å². The Morgan fingerprint density at radius 2 is 1.94 bits per heavy atom. The van der Waals surface area contributed by atoms with Crippen molar-refractivity contribution < 1.29 is 28.9 Å². The van der Waals surface area contributed by atoms with E-state index in [0.29, 0.717) is 0 Å². The fourth-order valence-corrected chi connectivity index (χ4v) is 5.55. The van der Waals surface area contributed by atoms with Crippen molar-refractivity contribution in [1.82, 2.24) is 9.55 Å². The summed E-state index contributed by atoms with van der Waals surface area (Å²) in [7, 11) is 0. The first-order valence-electron chi connectivity index (χ1n) is 11.0. The van der Waals surface area contributed by atoms with Gasteiger partial charge < -0.3 is 18.9 Å². The van der Waals surface area contributed by atoms with Crippen molar-refractivity contribution >= 4 is 11.8 Å². The van der Waals surface area contributed by atoms with E-state index in [0.717, 1.165) is 44.4 Å². The molecule has 31 heavy (non-hydrogen) atoms. The molecule has 4 atom stereocenters. The molecule has 5 fully saturated rings. The molecule has 3 saturated carbocycles. The quantitative estimate of drug-likeness (QED) is 0.528. The zero-order valence-corrected chi connectivity index (χ0v) is 17.8. The molecule has 1 unspecified atom stereocenters. The standard InChI is InChI=1S/C21H29N3O7/c1-20(2)30-15-13(11-28-18(25)21-7-3-12(4-8-21)5-9-21)29-17(16(15)31-20)24-10-6-14(23-27)22-19(24)26/h6,10,12-13,15-17,27H,3-5,7-9,11H2,1-2H3,(H,22,23,26)/t12?,13?,15-,16-,17-,21?/m1/s1.